The van der Waals surface area contributed by atoms with Crippen LogP contribution in [-0.2, 0) is 4.74 Å². The lowest BCUT2D eigenvalue weighted by Gasteiger charge is -2.21. The first-order chi connectivity index (χ1) is 9.13. The zero-order chi connectivity index (χ0) is 14.3. The van der Waals surface area contributed by atoms with Crippen molar-refractivity contribution in [3.8, 4) is 0 Å². The summed E-state index contributed by atoms with van der Waals surface area (Å²) in [6.07, 6.45) is 1.22. The fraction of sp³-hybridized carbons (Fsp3) is 0.636. The van der Waals surface area contributed by atoms with E-state index in [-0.39, 0.29) is 5.69 Å². The second-order valence-electron chi connectivity index (χ2n) is 3.69. The lowest BCUT2D eigenvalue weighted by molar-refractivity contribution is -0.384. The molecule has 0 aliphatic heterocycles. The maximum absolute atomic E-state index is 11.0. The molecule has 8 heteroatoms. The lowest BCUT2D eigenvalue weighted by atomic mass is 10.4. The molecule has 0 aliphatic rings. The number of likely N-dealkylation sites (N-methyl/N-ethyl adjacent to an activating group) is 1. The van der Waals surface area contributed by atoms with Gasteiger partial charge in [-0.05, 0) is 13.8 Å². The van der Waals surface area contributed by atoms with Crippen molar-refractivity contribution in [2.75, 3.05) is 43.6 Å². The standard InChI is InChI=1S/C11H19N5O3/c1-4-15(6-7-19-5-2)10-9(16(17)18)8-13-11(12-3)14-10/h8H,4-7H2,1-3H3,(H,12,13,14). The zero-order valence-corrected chi connectivity index (χ0v) is 11.4. The number of nitro groups is 1. The third-order valence-corrected chi connectivity index (χ3v) is 2.56. The number of nitrogens with zero attached hydrogens (tertiary/aromatic N) is 4. The Morgan fingerprint density at radius 1 is 1.53 bits per heavy atom. The van der Waals surface area contributed by atoms with E-state index in [1.165, 1.54) is 6.20 Å². The Hall–Kier alpha value is -1.96. The van der Waals surface area contributed by atoms with E-state index in [1.807, 2.05) is 13.8 Å². The highest BCUT2D eigenvalue weighted by molar-refractivity contribution is 5.58. The molecule has 0 atom stereocenters. The highest BCUT2D eigenvalue weighted by atomic mass is 16.6. The summed E-state index contributed by atoms with van der Waals surface area (Å²) >= 11 is 0. The van der Waals surface area contributed by atoms with Crippen LogP contribution in [0, 0.1) is 10.1 Å². The molecule has 0 fully saturated rings. The first-order valence-electron chi connectivity index (χ1n) is 6.15. The summed E-state index contributed by atoms with van der Waals surface area (Å²) < 4.78 is 5.27. The average molecular weight is 269 g/mol. The SMILES string of the molecule is CCOCCN(CC)c1nc(NC)ncc1[N+](=O)[O-]. The molecule has 1 N–H and O–H groups in total. The predicted molar refractivity (Wildman–Crippen MR) is 72.6 cm³/mol. The Morgan fingerprint density at radius 2 is 2.26 bits per heavy atom. The summed E-state index contributed by atoms with van der Waals surface area (Å²) in [7, 11) is 1.67. The minimum atomic E-state index is -0.474. The zero-order valence-electron chi connectivity index (χ0n) is 11.4. The van der Waals surface area contributed by atoms with Crippen molar-refractivity contribution in [1.82, 2.24) is 9.97 Å². The molecule has 106 valence electrons. The smallest absolute Gasteiger partial charge is 0.329 e. The molecule has 0 aliphatic carbocycles. The summed E-state index contributed by atoms with van der Waals surface area (Å²) in [5.74, 6) is 0.669. The molecule has 0 unspecified atom stereocenters. The normalized spacial score (nSPS) is 10.3. The fourth-order valence-electron chi connectivity index (χ4n) is 1.58. The Bertz CT molecular complexity index is 427. The largest absolute Gasteiger partial charge is 0.380 e. The summed E-state index contributed by atoms with van der Waals surface area (Å²) in [5, 5.41) is 13.8. The average Bonchev–Trinajstić information content (AvgIpc) is 2.43. The Morgan fingerprint density at radius 3 is 2.79 bits per heavy atom. The fourth-order valence-corrected chi connectivity index (χ4v) is 1.58. The van der Waals surface area contributed by atoms with Crippen molar-refractivity contribution in [2.24, 2.45) is 0 Å². The number of nitrogens with one attached hydrogen (secondary N) is 1. The maximum Gasteiger partial charge on any atom is 0.329 e. The number of ether oxygens (including phenoxy) is 1. The van der Waals surface area contributed by atoms with Gasteiger partial charge in [-0.2, -0.15) is 4.98 Å². The van der Waals surface area contributed by atoms with Gasteiger partial charge < -0.3 is 15.0 Å². The van der Waals surface area contributed by atoms with Gasteiger partial charge in [-0.3, -0.25) is 10.1 Å². The third kappa shape index (κ3) is 4.02. The molecule has 1 rings (SSSR count). The monoisotopic (exact) mass is 269 g/mol. The molecule has 19 heavy (non-hydrogen) atoms. The van der Waals surface area contributed by atoms with Crippen LogP contribution in [0.2, 0.25) is 0 Å². The van der Waals surface area contributed by atoms with Crippen molar-refractivity contribution < 1.29 is 9.66 Å². The van der Waals surface area contributed by atoms with E-state index in [0.29, 0.717) is 38.1 Å². The molecule has 0 aromatic carbocycles. The van der Waals surface area contributed by atoms with Gasteiger partial charge in [-0.15, -0.1) is 0 Å². The summed E-state index contributed by atoms with van der Waals surface area (Å²) in [4.78, 5) is 20.4. The van der Waals surface area contributed by atoms with Crippen LogP contribution < -0.4 is 10.2 Å². The molecule has 0 bridgehead atoms. The Balaban J connectivity index is 3.01. The number of aromatic nitrogens is 2. The van der Waals surface area contributed by atoms with E-state index in [2.05, 4.69) is 15.3 Å². The van der Waals surface area contributed by atoms with Gasteiger partial charge in [-0.25, -0.2) is 4.98 Å². The van der Waals surface area contributed by atoms with E-state index >= 15 is 0 Å². The predicted octanol–water partition coefficient (Wildman–Crippen LogP) is 1.29. The van der Waals surface area contributed by atoms with E-state index in [1.54, 1.807) is 11.9 Å². The molecule has 0 amide bonds. The highest BCUT2D eigenvalue weighted by Gasteiger charge is 2.21. The lowest BCUT2D eigenvalue weighted by Crippen LogP contribution is -2.29. The van der Waals surface area contributed by atoms with Gasteiger partial charge in [0.1, 0.15) is 6.20 Å². The van der Waals surface area contributed by atoms with Crippen LogP contribution in [0.15, 0.2) is 6.20 Å². The molecule has 1 heterocycles. The van der Waals surface area contributed by atoms with Crippen molar-refractivity contribution in [3.63, 3.8) is 0 Å². The van der Waals surface area contributed by atoms with Crippen LogP contribution in [0.5, 0.6) is 0 Å². The minimum Gasteiger partial charge on any atom is -0.380 e. The van der Waals surface area contributed by atoms with Crippen molar-refractivity contribution in [3.05, 3.63) is 16.3 Å². The Kier molecular flexibility index (Phi) is 5.94. The molecule has 0 saturated heterocycles. The molecule has 1 aromatic heterocycles. The van der Waals surface area contributed by atoms with E-state index in [4.69, 9.17) is 4.74 Å². The van der Waals surface area contributed by atoms with E-state index < -0.39 is 4.92 Å². The topological polar surface area (TPSA) is 93.4 Å². The molecular formula is C11H19N5O3. The van der Waals surface area contributed by atoms with Crippen molar-refractivity contribution in [2.45, 2.75) is 13.8 Å². The summed E-state index contributed by atoms with van der Waals surface area (Å²) in [6, 6.07) is 0. The molecule has 0 radical (unpaired) electrons. The van der Waals surface area contributed by atoms with Gasteiger partial charge in [0.2, 0.25) is 11.8 Å². The highest BCUT2D eigenvalue weighted by Crippen LogP contribution is 2.25. The van der Waals surface area contributed by atoms with Gasteiger partial charge >= 0.3 is 5.69 Å². The maximum atomic E-state index is 11.0. The second kappa shape index (κ2) is 7.47. The van der Waals surface area contributed by atoms with Crippen molar-refractivity contribution >= 4 is 17.5 Å². The van der Waals surface area contributed by atoms with Gasteiger partial charge in [0, 0.05) is 26.7 Å². The molecule has 0 spiro atoms. The Labute approximate surface area is 112 Å². The number of hydrogen-bond donors (Lipinski definition) is 1. The number of hydrogen-bond acceptors (Lipinski definition) is 7. The quantitative estimate of drug-likeness (QED) is 0.431. The number of anilines is 2. The first-order valence-corrected chi connectivity index (χ1v) is 6.15. The van der Waals surface area contributed by atoms with Crippen LogP contribution in [-0.4, -0.2) is 48.2 Å². The van der Waals surface area contributed by atoms with Crippen LogP contribution in [0.4, 0.5) is 17.5 Å². The molecule has 1 aromatic rings. The molecule has 8 nitrogen and oxygen atoms in total. The third-order valence-electron chi connectivity index (χ3n) is 2.56. The first kappa shape index (κ1) is 15.1. The summed E-state index contributed by atoms with van der Waals surface area (Å²) in [5.41, 5.74) is -0.0997. The molecule has 0 saturated carbocycles. The second-order valence-corrected chi connectivity index (χ2v) is 3.69. The number of rotatable bonds is 8. The summed E-state index contributed by atoms with van der Waals surface area (Å²) in [6.45, 7) is 6.09. The van der Waals surface area contributed by atoms with Crippen LogP contribution >= 0.6 is 0 Å². The van der Waals surface area contributed by atoms with E-state index in [0.717, 1.165) is 0 Å². The van der Waals surface area contributed by atoms with Gasteiger partial charge in [0.05, 0.1) is 11.5 Å². The molecular weight excluding hydrogens is 250 g/mol. The van der Waals surface area contributed by atoms with Gasteiger partial charge in [-0.1, -0.05) is 0 Å². The van der Waals surface area contributed by atoms with Crippen LogP contribution in [0.25, 0.3) is 0 Å². The van der Waals surface area contributed by atoms with Gasteiger partial charge in [0.25, 0.3) is 0 Å². The minimum absolute atomic E-state index is 0.0997. The van der Waals surface area contributed by atoms with Crippen LogP contribution in [0.1, 0.15) is 13.8 Å². The van der Waals surface area contributed by atoms with Gasteiger partial charge in [0.15, 0.2) is 0 Å². The van der Waals surface area contributed by atoms with Crippen molar-refractivity contribution in [1.29, 1.82) is 0 Å². The van der Waals surface area contributed by atoms with E-state index in [9.17, 15) is 10.1 Å². The van der Waals surface area contributed by atoms with Crippen LogP contribution in [0.3, 0.4) is 0 Å².